The number of carbonyl (C=O) groups excluding carboxylic acids is 1. The van der Waals surface area contributed by atoms with E-state index in [9.17, 15) is 9.90 Å². The number of morpholine rings is 1. The van der Waals surface area contributed by atoms with Gasteiger partial charge in [0.25, 0.3) is 0 Å². The van der Waals surface area contributed by atoms with E-state index in [-0.39, 0.29) is 18.6 Å². The molecule has 2 N–H and O–H groups in total. The lowest BCUT2D eigenvalue weighted by Crippen LogP contribution is -2.50. The zero-order chi connectivity index (χ0) is 14.4. The van der Waals surface area contributed by atoms with Crippen molar-refractivity contribution in [1.82, 2.24) is 10.2 Å². The van der Waals surface area contributed by atoms with E-state index in [4.69, 9.17) is 4.74 Å². The molecule has 2 rings (SSSR count). The van der Waals surface area contributed by atoms with Crippen LogP contribution in [-0.2, 0) is 9.53 Å². The van der Waals surface area contributed by atoms with Gasteiger partial charge in [0.05, 0.1) is 19.3 Å². The number of hydrogen-bond acceptors (Lipinski definition) is 4. The van der Waals surface area contributed by atoms with Gasteiger partial charge in [0.1, 0.15) is 0 Å². The quantitative estimate of drug-likeness (QED) is 0.777. The predicted molar refractivity (Wildman–Crippen MR) is 77.4 cm³/mol. The number of aliphatic hydroxyl groups excluding tert-OH is 1. The molecule has 1 aliphatic carbocycles. The number of rotatable bonds is 5. The first-order chi connectivity index (χ1) is 9.72. The molecule has 0 bridgehead atoms. The molecule has 1 amide bonds. The molecule has 5 heteroatoms. The Kier molecular flexibility index (Phi) is 6.26. The van der Waals surface area contributed by atoms with Gasteiger partial charge in [0.2, 0.25) is 5.91 Å². The first-order valence-electron chi connectivity index (χ1n) is 7.93. The fourth-order valence-electron chi connectivity index (χ4n) is 3.27. The molecule has 1 heterocycles. The van der Waals surface area contributed by atoms with E-state index in [1.165, 1.54) is 12.8 Å². The summed E-state index contributed by atoms with van der Waals surface area (Å²) in [6.45, 7) is 5.75. The number of nitrogens with one attached hydrogen (secondary N) is 1. The van der Waals surface area contributed by atoms with Gasteiger partial charge < -0.3 is 20.1 Å². The van der Waals surface area contributed by atoms with Gasteiger partial charge in [-0.2, -0.15) is 0 Å². The second-order valence-electron chi connectivity index (χ2n) is 6.05. The van der Waals surface area contributed by atoms with Crippen LogP contribution in [0.25, 0.3) is 0 Å². The Morgan fingerprint density at radius 1 is 1.30 bits per heavy atom. The van der Waals surface area contributed by atoms with E-state index < -0.39 is 0 Å². The lowest BCUT2D eigenvalue weighted by atomic mass is 9.79. The molecule has 116 valence electrons. The highest BCUT2D eigenvalue weighted by molar-refractivity contribution is 5.81. The molecule has 2 fully saturated rings. The van der Waals surface area contributed by atoms with Gasteiger partial charge in [-0.1, -0.05) is 12.8 Å². The third-order valence-electron chi connectivity index (χ3n) is 4.68. The normalized spacial score (nSPS) is 29.2. The maximum atomic E-state index is 12.3. The van der Waals surface area contributed by atoms with Gasteiger partial charge in [0.15, 0.2) is 0 Å². The zero-order valence-corrected chi connectivity index (χ0v) is 12.5. The van der Waals surface area contributed by atoms with Crippen molar-refractivity contribution in [2.24, 2.45) is 11.8 Å². The molecule has 0 aromatic rings. The first-order valence-corrected chi connectivity index (χ1v) is 7.93. The van der Waals surface area contributed by atoms with Gasteiger partial charge in [-0.05, 0) is 38.1 Å². The first kappa shape index (κ1) is 15.7. The molecule has 1 saturated heterocycles. The van der Waals surface area contributed by atoms with Gasteiger partial charge in [-0.25, -0.2) is 0 Å². The fraction of sp³-hybridized carbons (Fsp3) is 0.933. The number of hydrogen-bond donors (Lipinski definition) is 2. The molecule has 1 aliphatic heterocycles. The SMILES string of the molecule is CC(NCC1CCCCC1CO)C(=O)N1CCOCC1. The van der Waals surface area contributed by atoms with Crippen molar-refractivity contribution in [1.29, 1.82) is 0 Å². The lowest BCUT2D eigenvalue weighted by Gasteiger charge is -2.33. The summed E-state index contributed by atoms with van der Waals surface area (Å²) < 4.78 is 5.27. The van der Waals surface area contributed by atoms with Crippen molar-refractivity contribution in [3.63, 3.8) is 0 Å². The van der Waals surface area contributed by atoms with Crippen molar-refractivity contribution in [3.05, 3.63) is 0 Å². The van der Waals surface area contributed by atoms with E-state index >= 15 is 0 Å². The molecule has 0 radical (unpaired) electrons. The Morgan fingerprint density at radius 3 is 2.60 bits per heavy atom. The number of nitrogens with zero attached hydrogens (tertiary/aromatic N) is 1. The molecular weight excluding hydrogens is 256 g/mol. The van der Waals surface area contributed by atoms with E-state index in [2.05, 4.69) is 5.32 Å². The van der Waals surface area contributed by atoms with Gasteiger partial charge >= 0.3 is 0 Å². The predicted octanol–water partition coefficient (Wildman–Crippen LogP) is 0.622. The smallest absolute Gasteiger partial charge is 0.239 e. The molecule has 0 spiro atoms. The van der Waals surface area contributed by atoms with Crippen LogP contribution in [0.3, 0.4) is 0 Å². The summed E-state index contributed by atoms with van der Waals surface area (Å²) in [5.41, 5.74) is 0. The van der Waals surface area contributed by atoms with Gasteiger partial charge in [-0.3, -0.25) is 4.79 Å². The Balaban J connectivity index is 1.75. The van der Waals surface area contributed by atoms with Crippen molar-refractivity contribution in [2.75, 3.05) is 39.5 Å². The third kappa shape index (κ3) is 4.17. The summed E-state index contributed by atoms with van der Waals surface area (Å²) in [6, 6.07) is -0.144. The lowest BCUT2D eigenvalue weighted by molar-refractivity contribution is -0.137. The fourth-order valence-corrected chi connectivity index (χ4v) is 3.27. The average molecular weight is 284 g/mol. The van der Waals surface area contributed by atoms with E-state index in [1.54, 1.807) is 0 Å². The third-order valence-corrected chi connectivity index (χ3v) is 4.68. The van der Waals surface area contributed by atoms with Crippen molar-refractivity contribution in [3.8, 4) is 0 Å². The van der Waals surface area contributed by atoms with Crippen molar-refractivity contribution in [2.45, 2.75) is 38.6 Å². The van der Waals surface area contributed by atoms with E-state index in [0.29, 0.717) is 38.1 Å². The minimum absolute atomic E-state index is 0.144. The highest BCUT2D eigenvalue weighted by Gasteiger charge is 2.27. The summed E-state index contributed by atoms with van der Waals surface area (Å²) in [7, 11) is 0. The monoisotopic (exact) mass is 284 g/mol. The highest BCUT2D eigenvalue weighted by atomic mass is 16.5. The van der Waals surface area contributed by atoms with Gasteiger partial charge in [-0.15, -0.1) is 0 Å². The molecule has 0 aromatic heterocycles. The number of aliphatic hydroxyl groups is 1. The molecule has 3 atom stereocenters. The number of amides is 1. The summed E-state index contributed by atoms with van der Waals surface area (Å²) >= 11 is 0. The van der Waals surface area contributed by atoms with Crippen LogP contribution in [0, 0.1) is 11.8 Å². The van der Waals surface area contributed by atoms with Crippen LogP contribution in [0.2, 0.25) is 0 Å². The molecule has 1 saturated carbocycles. The van der Waals surface area contributed by atoms with Crippen LogP contribution in [-0.4, -0.2) is 61.4 Å². The second kappa shape index (κ2) is 7.96. The molecule has 3 unspecified atom stereocenters. The minimum Gasteiger partial charge on any atom is -0.396 e. The standard InChI is InChI=1S/C15H28N2O3/c1-12(15(19)17-6-8-20-9-7-17)16-10-13-4-2-3-5-14(13)11-18/h12-14,16,18H,2-11H2,1H3. The Morgan fingerprint density at radius 2 is 1.95 bits per heavy atom. The highest BCUT2D eigenvalue weighted by Crippen LogP contribution is 2.29. The summed E-state index contributed by atoms with van der Waals surface area (Å²) in [6.07, 6.45) is 4.75. The Hall–Kier alpha value is -0.650. The van der Waals surface area contributed by atoms with Crippen LogP contribution in [0.15, 0.2) is 0 Å². The molecule has 20 heavy (non-hydrogen) atoms. The largest absolute Gasteiger partial charge is 0.396 e. The summed E-state index contributed by atoms with van der Waals surface area (Å²) in [4.78, 5) is 14.2. The molecule has 5 nitrogen and oxygen atoms in total. The maximum absolute atomic E-state index is 12.3. The number of carbonyl (C=O) groups is 1. The van der Waals surface area contributed by atoms with E-state index in [1.807, 2.05) is 11.8 Å². The van der Waals surface area contributed by atoms with Crippen LogP contribution < -0.4 is 5.32 Å². The minimum atomic E-state index is -0.144. The molecule has 0 aromatic carbocycles. The second-order valence-corrected chi connectivity index (χ2v) is 6.05. The van der Waals surface area contributed by atoms with Crippen LogP contribution >= 0.6 is 0 Å². The Labute approximate surface area is 121 Å². The van der Waals surface area contributed by atoms with Gasteiger partial charge in [0, 0.05) is 19.7 Å². The van der Waals surface area contributed by atoms with Crippen molar-refractivity contribution < 1.29 is 14.6 Å². The zero-order valence-electron chi connectivity index (χ0n) is 12.5. The number of ether oxygens (including phenoxy) is 1. The van der Waals surface area contributed by atoms with Crippen LogP contribution in [0.5, 0.6) is 0 Å². The molecular formula is C15H28N2O3. The Bertz CT molecular complexity index is 305. The topological polar surface area (TPSA) is 61.8 Å². The summed E-state index contributed by atoms with van der Waals surface area (Å²) in [5.74, 6) is 1.08. The maximum Gasteiger partial charge on any atom is 0.239 e. The van der Waals surface area contributed by atoms with Crippen LogP contribution in [0.4, 0.5) is 0 Å². The average Bonchev–Trinajstić information content (AvgIpc) is 2.53. The molecule has 2 aliphatic rings. The summed E-state index contributed by atoms with van der Waals surface area (Å²) in [5, 5.41) is 12.8. The van der Waals surface area contributed by atoms with Crippen molar-refractivity contribution >= 4 is 5.91 Å². The van der Waals surface area contributed by atoms with E-state index in [0.717, 1.165) is 19.4 Å². The van der Waals surface area contributed by atoms with Crippen LogP contribution in [0.1, 0.15) is 32.6 Å².